The van der Waals surface area contributed by atoms with Gasteiger partial charge in [0.2, 0.25) is 0 Å². The van der Waals surface area contributed by atoms with E-state index in [0.29, 0.717) is 29.5 Å². The van der Waals surface area contributed by atoms with Crippen LogP contribution in [0.3, 0.4) is 0 Å². The predicted molar refractivity (Wildman–Crippen MR) is 83.1 cm³/mol. The van der Waals surface area contributed by atoms with Gasteiger partial charge in [-0.3, -0.25) is 19.9 Å². The number of hydrogen-bond donors (Lipinski definition) is 2. The minimum Gasteiger partial charge on any atom is -0.335 e. The molecular weight excluding hydrogens is 302 g/mol. The van der Waals surface area contributed by atoms with E-state index < -0.39 is 0 Å². The molecule has 1 saturated heterocycles. The largest absolute Gasteiger partial charge is 0.335 e. The number of nitrogens with one attached hydrogen (secondary N) is 2. The molecule has 2 aromatic heterocycles. The molecule has 1 aliphatic heterocycles. The Bertz CT molecular complexity index is 667. The van der Waals surface area contributed by atoms with Gasteiger partial charge in [-0.1, -0.05) is 0 Å². The molecule has 1 aliphatic rings. The van der Waals surface area contributed by atoms with Crippen LogP contribution in [-0.2, 0) is 0 Å². The lowest BCUT2D eigenvalue weighted by molar-refractivity contribution is 0.0730. The Hall–Kier alpha value is -2.32. The molecule has 2 amide bonds. The number of aromatic nitrogens is 2. The number of carbonyl (C=O) groups excluding carboxylic acids is 2. The van der Waals surface area contributed by atoms with Crippen LogP contribution < -0.4 is 10.6 Å². The lowest BCUT2D eigenvalue weighted by atomic mass is 10.2. The molecule has 0 aromatic carbocycles. The van der Waals surface area contributed by atoms with Gasteiger partial charge < -0.3 is 10.2 Å². The smallest absolute Gasteiger partial charge is 0.273 e. The van der Waals surface area contributed by atoms with Gasteiger partial charge in [0, 0.05) is 49.5 Å². The first kappa shape index (κ1) is 14.6. The second-order valence-electron chi connectivity index (χ2n) is 4.77. The zero-order valence-electron chi connectivity index (χ0n) is 11.8. The average Bonchev–Trinajstić information content (AvgIpc) is 3.04. The molecule has 0 aliphatic carbocycles. The van der Waals surface area contributed by atoms with E-state index >= 15 is 0 Å². The summed E-state index contributed by atoms with van der Waals surface area (Å²) in [6.07, 6.45) is 3.10. The molecule has 114 valence electrons. The van der Waals surface area contributed by atoms with Gasteiger partial charge in [0.25, 0.3) is 11.8 Å². The van der Waals surface area contributed by atoms with Gasteiger partial charge in [-0.2, -0.15) is 0 Å². The van der Waals surface area contributed by atoms with Gasteiger partial charge in [-0.05, 0) is 12.1 Å². The summed E-state index contributed by atoms with van der Waals surface area (Å²) in [5, 5.41) is 7.98. The van der Waals surface area contributed by atoms with Gasteiger partial charge >= 0.3 is 0 Å². The van der Waals surface area contributed by atoms with Gasteiger partial charge in [0.15, 0.2) is 5.13 Å². The summed E-state index contributed by atoms with van der Waals surface area (Å²) < 4.78 is 0. The van der Waals surface area contributed by atoms with Crippen LogP contribution in [-0.4, -0.2) is 52.9 Å². The molecule has 1 fully saturated rings. The number of pyridine rings is 1. The summed E-state index contributed by atoms with van der Waals surface area (Å²) >= 11 is 1.24. The summed E-state index contributed by atoms with van der Waals surface area (Å²) in [5.41, 5.74) is 0.872. The molecule has 0 bridgehead atoms. The van der Waals surface area contributed by atoms with E-state index in [2.05, 4.69) is 20.6 Å². The van der Waals surface area contributed by atoms with Crippen molar-refractivity contribution >= 4 is 28.3 Å². The minimum absolute atomic E-state index is 0.0952. The summed E-state index contributed by atoms with van der Waals surface area (Å²) in [4.78, 5) is 34.1. The maximum Gasteiger partial charge on any atom is 0.273 e. The zero-order chi connectivity index (χ0) is 15.4. The molecule has 22 heavy (non-hydrogen) atoms. The van der Waals surface area contributed by atoms with Crippen LogP contribution in [0.1, 0.15) is 20.8 Å². The Morgan fingerprint density at radius 3 is 2.68 bits per heavy atom. The number of rotatable bonds is 3. The van der Waals surface area contributed by atoms with Crippen LogP contribution in [0.2, 0.25) is 0 Å². The SMILES string of the molecule is O=C(Nc1nc(C(=O)N2CCNCC2)cs1)c1ccncc1. The summed E-state index contributed by atoms with van der Waals surface area (Å²) in [5.74, 6) is -0.361. The Kier molecular flexibility index (Phi) is 4.40. The fourth-order valence-electron chi connectivity index (χ4n) is 2.13. The van der Waals surface area contributed by atoms with Crippen molar-refractivity contribution in [1.82, 2.24) is 20.2 Å². The van der Waals surface area contributed by atoms with Crippen LogP contribution in [0.4, 0.5) is 5.13 Å². The lowest BCUT2D eigenvalue weighted by Crippen LogP contribution is -2.46. The second-order valence-corrected chi connectivity index (χ2v) is 5.63. The normalized spacial score (nSPS) is 14.6. The third-order valence-corrected chi connectivity index (χ3v) is 4.05. The Morgan fingerprint density at radius 2 is 1.95 bits per heavy atom. The first-order valence-corrected chi connectivity index (χ1v) is 7.79. The quantitative estimate of drug-likeness (QED) is 0.876. The Labute approximate surface area is 131 Å². The molecule has 8 heteroatoms. The maximum absolute atomic E-state index is 12.3. The van der Waals surface area contributed by atoms with Crippen molar-refractivity contribution in [1.29, 1.82) is 0 Å². The highest BCUT2D eigenvalue weighted by atomic mass is 32.1. The summed E-state index contributed by atoms with van der Waals surface area (Å²) in [6.45, 7) is 2.94. The Morgan fingerprint density at radius 1 is 1.23 bits per heavy atom. The van der Waals surface area contributed by atoms with Gasteiger partial charge in [0.05, 0.1) is 0 Å². The number of anilines is 1. The Balaban J connectivity index is 1.66. The third kappa shape index (κ3) is 3.29. The number of hydrogen-bond acceptors (Lipinski definition) is 6. The van der Waals surface area contributed by atoms with Crippen LogP contribution in [0.5, 0.6) is 0 Å². The van der Waals surface area contributed by atoms with Crippen molar-refractivity contribution in [2.24, 2.45) is 0 Å². The van der Waals surface area contributed by atoms with E-state index in [-0.39, 0.29) is 11.8 Å². The monoisotopic (exact) mass is 317 g/mol. The lowest BCUT2D eigenvalue weighted by Gasteiger charge is -2.26. The highest BCUT2D eigenvalue weighted by molar-refractivity contribution is 7.14. The van der Waals surface area contributed by atoms with Gasteiger partial charge in [-0.25, -0.2) is 4.98 Å². The topological polar surface area (TPSA) is 87.2 Å². The molecule has 0 saturated carbocycles. The number of nitrogens with zero attached hydrogens (tertiary/aromatic N) is 3. The molecule has 3 rings (SSSR count). The zero-order valence-corrected chi connectivity index (χ0v) is 12.6. The highest BCUT2D eigenvalue weighted by Crippen LogP contribution is 2.18. The molecule has 0 radical (unpaired) electrons. The molecule has 0 spiro atoms. The predicted octanol–water partition coefficient (Wildman–Crippen LogP) is 0.836. The van der Waals surface area contributed by atoms with Crippen molar-refractivity contribution in [2.75, 3.05) is 31.5 Å². The van der Waals surface area contributed by atoms with Crippen molar-refractivity contribution < 1.29 is 9.59 Å². The fraction of sp³-hybridized carbons (Fsp3) is 0.286. The highest BCUT2D eigenvalue weighted by Gasteiger charge is 2.20. The molecule has 7 nitrogen and oxygen atoms in total. The number of carbonyl (C=O) groups is 2. The first-order chi connectivity index (χ1) is 10.7. The average molecular weight is 317 g/mol. The molecule has 0 unspecified atom stereocenters. The van der Waals surface area contributed by atoms with E-state index in [1.54, 1.807) is 34.8 Å². The number of amides is 2. The van der Waals surface area contributed by atoms with Gasteiger partial charge in [-0.15, -0.1) is 11.3 Å². The third-order valence-electron chi connectivity index (χ3n) is 3.29. The van der Waals surface area contributed by atoms with Crippen LogP contribution >= 0.6 is 11.3 Å². The minimum atomic E-state index is -0.266. The van der Waals surface area contributed by atoms with Crippen molar-refractivity contribution in [2.45, 2.75) is 0 Å². The van der Waals surface area contributed by atoms with E-state index in [1.165, 1.54) is 11.3 Å². The number of thiazole rings is 1. The first-order valence-electron chi connectivity index (χ1n) is 6.91. The molecule has 2 aromatic rings. The van der Waals surface area contributed by atoms with Gasteiger partial charge in [0.1, 0.15) is 5.69 Å². The van der Waals surface area contributed by atoms with Crippen molar-refractivity contribution in [3.05, 3.63) is 41.2 Å². The van der Waals surface area contributed by atoms with E-state index in [1.807, 2.05) is 0 Å². The van der Waals surface area contributed by atoms with Crippen LogP contribution in [0.15, 0.2) is 29.9 Å². The summed E-state index contributed by atoms with van der Waals surface area (Å²) in [7, 11) is 0. The standard InChI is InChI=1S/C14H15N5O2S/c20-12(10-1-3-15-4-2-10)18-14-17-11(9-22-14)13(21)19-7-5-16-6-8-19/h1-4,9,16H,5-8H2,(H,17,18,20). The van der Waals surface area contributed by atoms with E-state index in [9.17, 15) is 9.59 Å². The molecule has 2 N–H and O–H groups in total. The number of piperazine rings is 1. The van der Waals surface area contributed by atoms with Crippen LogP contribution in [0, 0.1) is 0 Å². The van der Waals surface area contributed by atoms with E-state index in [4.69, 9.17) is 0 Å². The molecule has 3 heterocycles. The van der Waals surface area contributed by atoms with Crippen molar-refractivity contribution in [3.8, 4) is 0 Å². The summed E-state index contributed by atoms with van der Waals surface area (Å²) in [6, 6.07) is 3.24. The van der Waals surface area contributed by atoms with Crippen molar-refractivity contribution in [3.63, 3.8) is 0 Å². The van der Waals surface area contributed by atoms with E-state index in [0.717, 1.165) is 13.1 Å². The molecular formula is C14H15N5O2S. The maximum atomic E-state index is 12.3. The second kappa shape index (κ2) is 6.63. The fourth-order valence-corrected chi connectivity index (χ4v) is 2.81. The van der Waals surface area contributed by atoms with Crippen LogP contribution in [0.25, 0.3) is 0 Å². The molecule has 0 atom stereocenters.